The lowest BCUT2D eigenvalue weighted by molar-refractivity contribution is 0.151. The van der Waals surface area contributed by atoms with Crippen molar-refractivity contribution in [3.05, 3.63) is 12.7 Å². The zero-order valence-electron chi connectivity index (χ0n) is 11.8. The van der Waals surface area contributed by atoms with Crippen molar-refractivity contribution in [2.45, 2.75) is 53.6 Å². The maximum atomic E-state index is 4.12. The van der Waals surface area contributed by atoms with Gasteiger partial charge in [-0.25, -0.2) is 4.98 Å². The Hall–Kier alpha value is -0.900. The minimum Gasteiger partial charge on any atom is -0.300 e. The highest BCUT2D eigenvalue weighted by Crippen LogP contribution is 2.17. The molecule has 0 unspecified atom stereocenters. The van der Waals surface area contributed by atoms with Gasteiger partial charge in [0.05, 0.1) is 0 Å². The Morgan fingerprint density at radius 1 is 1.29 bits per heavy atom. The molecule has 0 N–H and O–H groups in total. The molecule has 0 saturated carbocycles. The number of hydrogen-bond acceptors (Lipinski definition) is 3. The second kappa shape index (κ2) is 6.15. The largest absolute Gasteiger partial charge is 0.300 e. The summed E-state index contributed by atoms with van der Waals surface area (Å²) in [6.07, 6.45) is 4.50. The van der Waals surface area contributed by atoms with Crippen molar-refractivity contribution in [2.24, 2.45) is 5.41 Å². The molecule has 0 radical (unpaired) electrons. The zero-order chi connectivity index (χ0) is 12.9. The average molecular weight is 238 g/mol. The van der Waals surface area contributed by atoms with Gasteiger partial charge in [-0.2, -0.15) is 5.10 Å². The Morgan fingerprint density at radius 2 is 2.00 bits per heavy atom. The van der Waals surface area contributed by atoms with E-state index in [4.69, 9.17) is 0 Å². The second-order valence-electron chi connectivity index (χ2n) is 6.14. The number of hydrogen-bond donors (Lipinski definition) is 0. The van der Waals surface area contributed by atoms with Crippen LogP contribution < -0.4 is 0 Å². The predicted octanol–water partition coefficient (Wildman–Crippen LogP) is 2.42. The normalized spacial score (nSPS) is 12.6. The molecule has 0 amide bonds. The summed E-state index contributed by atoms with van der Waals surface area (Å²) in [5.41, 5.74) is 0.359. The van der Waals surface area contributed by atoms with Crippen molar-refractivity contribution in [1.29, 1.82) is 0 Å². The van der Waals surface area contributed by atoms with E-state index in [1.54, 1.807) is 12.7 Å². The van der Waals surface area contributed by atoms with E-state index in [1.165, 1.54) is 0 Å². The molecule has 98 valence electrons. The molecule has 0 aliphatic carbocycles. The monoisotopic (exact) mass is 238 g/mol. The molecule has 1 aromatic heterocycles. The quantitative estimate of drug-likeness (QED) is 0.763. The fourth-order valence-electron chi connectivity index (χ4n) is 1.91. The Balaban J connectivity index is 2.34. The second-order valence-corrected chi connectivity index (χ2v) is 6.14. The maximum Gasteiger partial charge on any atom is 0.137 e. The van der Waals surface area contributed by atoms with Crippen molar-refractivity contribution in [3.8, 4) is 0 Å². The zero-order valence-corrected chi connectivity index (χ0v) is 11.8. The Labute approximate surface area is 105 Å². The first-order valence-corrected chi connectivity index (χ1v) is 6.45. The van der Waals surface area contributed by atoms with E-state index in [9.17, 15) is 0 Å². The van der Waals surface area contributed by atoms with Crippen molar-refractivity contribution >= 4 is 0 Å². The van der Waals surface area contributed by atoms with Gasteiger partial charge in [0.2, 0.25) is 0 Å². The summed E-state index contributed by atoms with van der Waals surface area (Å²) < 4.78 is 1.90. The van der Waals surface area contributed by atoms with Crippen LogP contribution in [0.3, 0.4) is 0 Å². The molecule has 17 heavy (non-hydrogen) atoms. The fourth-order valence-corrected chi connectivity index (χ4v) is 1.91. The van der Waals surface area contributed by atoms with Gasteiger partial charge in [-0.05, 0) is 25.7 Å². The van der Waals surface area contributed by atoms with Crippen LogP contribution >= 0.6 is 0 Å². The summed E-state index contributed by atoms with van der Waals surface area (Å²) >= 11 is 0. The van der Waals surface area contributed by atoms with Crippen LogP contribution in [-0.4, -0.2) is 38.8 Å². The van der Waals surface area contributed by atoms with Gasteiger partial charge in [-0.15, -0.1) is 0 Å². The molecule has 0 saturated heterocycles. The lowest BCUT2D eigenvalue weighted by Crippen LogP contribution is -2.38. The minimum atomic E-state index is 0.359. The number of aromatic nitrogens is 3. The van der Waals surface area contributed by atoms with Crippen molar-refractivity contribution in [3.63, 3.8) is 0 Å². The Kier molecular flexibility index (Phi) is 5.12. The van der Waals surface area contributed by atoms with Crippen LogP contribution in [0.2, 0.25) is 0 Å². The summed E-state index contributed by atoms with van der Waals surface area (Å²) in [5, 5.41) is 4.12. The molecule has 0 fully saturated rings. The number of rotatable bonds is 6. The van der Waals surface area contributed by atoms with Gasteiger partial charge in [-0.3, -0.25) is 4.68 Å². The van der Waals surface area contributed by atoms with E-state index in [0.717, 1.165) is 26.1 Å². The smallest absolute Gasteiger partial charge is 0.137 e. The molecular formula is C13H26N4. The van der Waals surface area contributed by atoms with Crippen molar-refractivity contribution < 1.29 is 0 Å². The van der Waals surface area contributed by atoms with Crippen LogP contribution in [0.25, 0.3) is 0 Å². The topological polar surface area (TPSA) is 34.0 Å². The van der Waals surface area contributed by atoms with E-state index >= 15 is 0 Å². The lowest BCUT2D eigenvalue weighted by Gasteiger charge is -2.33. The summed E-state index contributed by atoms with van der Waals surface area (Å²) in [7, 11) is 0. The standard InChI is InChI=1S/C13H26N4/c1-12(2)16(9-13(3,4)5)7-6-8-17-11-14-10-15-17/h10-12H,6-9H2,1-5H3. The molecule has 1 aromatic rings. The third-order valence-corrected chi connectivity index (χ3v) is 2.71. The van der Waals surface area contributed by atoms with Crippen LogP contribution in [0.4, 0.5) is 0 Å². The van der Waals surface area contributed by atoms with E-state index in [2.05, 4.69) is 49.6 Å². The van der Waals surface area contributed by atoms with Gasteiger partial charge in [0.1, 0.15) is 12.7 Å². The third-order valence-electron chi connectivity index (χ3n) is 2.71. The Bertz CT molecular complexity index is 298. The van der Waals surface area contributed by atoms with Gasteiger partial charge in [-0.1, -0.05) is 20.8 Å². The van der Waals surface area contributed by atoms with E-state index in [0.29, 0.717) is 11.5 Å². The molecule has 0 bridgehead atoms. The first kappa shape index (κ1) is 14.2. The fraction of sp³-hybridized carbons (Fsp3) is 0.846. The minimum absolute atomic E-state index is 0.359. The molecule has 4 nitrogen and oxygen atoms in total. The third kappa shape index (κ3) is 5.82. The molecule has 0 aliphatic rings. The summed E-state index contributed by atoms with van der Waals surface area (Å²) in [4.78, 5) is 6.49. The molecule has 0 spiro atoms. The van der Waals surface area contributed by atoms with Gasteiger partial charge < -0.3 is 4.90 Å². The molecule has 1 rings (SSSR count). The van der Waals surface area contributed by atoms with Crippen LogP contribution in [0, 0.1) is 5.41 Å². The van der Waals surface area contributed by atoms with Crippen LogP contribution in [0.15, 0.2) is 12.7 Å². The van der Waals surface area contributed by atoms with Gasteiger partial charge >= 0.3 is 0 Å². The first-order chi connectivity index (χ1) is 7.88. The van der Waals surface area contributed by atoms with Crippen molar-refractivity contribution in [2.75, 3.05) is 13.1 Å². The molecule has 0 aromatic carbocycles. The SMILES string of the molecule is CC(C)N(CCCn1cncn1)CC(C)(C)C. The number of nitrogens with zero attached hydrogens (tertiary/aromatic N) is 4. The van der Waals surface area contributed by atoms with Crippen molar-refractivity contribution in [1.82, 2.24) is 19.7 Å². The van der Waals surface area contributed by atoms with E-state index in [-0.39, 0.29) is 0 Å². The highest BCUT2D eigenvalue weighted by atomic mass is 15.3. The highest BCUT2D eigenvalue weighted by Gasteiger charge is 2.18. The van der Waals surface area contributed by atoms with Crippen LogP contribution in [-0.2, 0) is 6.54 Å². The molecule has 0 aliphatic heterocycles. The lowest BCUT2D eigenvalue weighted by atomic mass is 9.95. The molecular weight excluding hydrogens is 212 g/mol. The first-order valence-electron chi connectivity index (χ1n) is 6.45. The highest BCUT2D eigenvalue weighted by molar-refractivity contribution is 4.72. The van der Waals surface area contributed by atoms with E-state index in [1.807, 2.05) is 4.68 Å². The van der Waals surface area contributed by atoms with E-state index < -0.39 is 0 Å². The summed E-state index contributed by atoms with van der Waals surface area (Å²) in [6, 6.07) is 0.602. The summed E-state index contributed by atoms with van der Waals surface area (Å²) in [5.74, 6) is 0. The molecule has 0 atom stereocenters. The van der Waals surface area contributed by atoms with Gasteiger partial charge in [0.15, 0.2) is 0 Å². The average Bonchev–Trinajstić information content (AvgIpc) is 2.67. The maximum absolute atomic E-state index is 4.12. The Morgan fingerprint density at radius 3 is 2.47 bits per heavy atom. The summed E-state index contributed by atoms with van der Waals surface area (Å²) in [6.45, 7) is 14.6. The molecule has 4 heteroatoms. The van der Waals surface area contributed by atoms with Crippen LogP contribution in [0.1, 0.15) is 41.0 Å². The number of aryl methyl sites for hydroxylation is 1. The van der Waals surface area contributed by atoms with Crippen LogP contribution in [0.5, 0.6) is 0 Å². The van der Waals surface area contributed by atoms with Gasteiger partial charge in [0.25, 0.3) is 0 Å². The predicted molar refractivity (Wildman–Crippen MR) is 70.8 cm³/mol. The molecule has 1 heterocycles. The van der Waals surface area contributed by atoms with Gasteiger partial charge in [0, 0.05) is 25.7 Å².